The van der Waals surface area contributed by atoms with Gasteiger partial charge in [-0.05, 0) is 36.6 Å². The SMILES string of the molecule is COC(=O)/C=C/[C@H]1c2c(cc(OC)cc2OC)[C]=[C]CC[C@@H]1O.[C-]#[O+].[C-]#[O+].[C-]#[O+].[C-]#[O+].[C-]#[O+].[C-]#[O+].[Co].[Co]. The fraction of sp³-hybridized carbons (Fsp3) is 0.292. The van der Waals surface area contributed by atoms with E-state index < -0.39 is 18.0 Å². The topological polar surface area (TPSA) is 184 Å². The van der Waals surface area contributed by atoms with Crippen molar-refractivity contribution in [2.24, 2.45) is 0 Å². The van der Waals surface area contributed by atoms with Gasteiger partial charge < -0.3 is 19.3 Å². The molecule has 37 heavy (non-hydrogen) atoms. The van der Waals surface area contributed by atoms with E-state index in [4.69, 9.17) is 37.4 Å². The average Bonchev–Trinajstić information content (AvgIpc) is 2.96. The van der Waals surface area contributed by atoms with Gasteiger partial charge in [-0.3, -0.25) is 0 Å². The molecule has 1 aromatic rings. The second-order valence-electron chi connectivity index (χ2n) is 5.11. The van der Waals surface area contributed by atoms with Crippen molar-refractivity contribution in [1.82, 2.24) is 0 Å². The smallest absolute Gasteiger partial charge is 0 e. The summed E-state index contributed by atoms with van der Waals surface area (Å²) >= 11 is 0. The summed E-state index contributed by atoms with van der Waals surface area (Å²) in [6.07, 6.45) is 9.49. The maximum Gasteiger partial charge on any atom is 0 e. The minimum Gasteiger partial charge on any atom is 0 e. The number of esters is 1. The van der Waals surface area contributed by atoms with Crippen LogP contribution in [-0.2, 0) is 71.0 Å². The van der Waals surface area contributed by atoms with E-state index in [0.717, 1.165) is 11.1 Å². The Labute approximate surface area is 236 Å². The number of carbonyl (C=O) groups excluding carboxylic acids is 1. The maximum absolute atomic E-state index is 11.4. The predicted octanol–water partition coefficient (Wildman–Crippen LogP) is 1.95. The predicted molar refractivity (Wildman–Crippen MR) is 108 cm³/mol. The third-order valence-corrected chi connectivity index (χ3v) is 3.75. The molecule has 0 spiro atoms. The molecule has 0 amide bonds. The number of rotatable bonds is 4. The molecule has 1 aliphatic carbocycles. The summed E-state index contributed by atoms with van der Waals surface area (Å²) in [5.41, 5.74) is 1.47. The van der Waals surface area contributed by atoms with Crippen molar-refractivity contribution < 1.29 is 85.6 Å². The van der Waals surface area contributed by atoms with Gasteiger partial charge in [-0.25, -0.2) is 4.79 Å². The molecule has 2 atom stereocenters. The van der Waals surface area contributed by atoms with E-state index in [1.54, 1.807) is 26.4 Å². The summed E-state index contributed by atoms with van der Waals surface area (Å²) in [6, 6.07) is 3.55. The van der Waals surface area contributed by atoms with Crippen LogP contribution in [0.5, 0.6) is 11.5 Å². The molecule has 200 valence electrons. The first kappa shape index (κ1) is 50.9. The Kier molecular flexibility index (Phi) is 55.6. The van der Waals surface area contributed by atoms with Crippen LogP contribution in [0.1, 0.15) is 29.9 Å². The summed E-state index contributed by atoms with van der Waals surface area (Å²) in [5, 5.41) is 10.5. The van der Waals surface area contributed by atoms with Crippen molar-refractivity contribution in [3.8, 4) is 11.5 Å². The van der Waals surface area contributed by atoms with Gasteiger partial charge in [0.1, 0.15) is 11.5 Å². The van der Waals surface area contributed by atoms with Crippen LogP contribution < -0.4 is 9.47 Å². The molecular weight excluding hydrogens is 582 g/mol. The summed E-state index contributed by atoms with van der Waals surface area (Å²) in [6.45, 7) is 27.0. The Bertz CT molecular complexity index is 836. The average molecular weight is 602 g/mol. The van der Waals surface area contributed by atoms with E-state index in [9.17, 15) is 9.90 Å². The minimum absolute atomic E-state index is 0. The zero-order chi connectivity index (χ0) is 28.8. The molecule has 1 aromatic carbocycles. The van der Waals surface area contributed by atoms with Crippen LogP contribution in [0, 0.1) is 52.1 Å². The van der Waals surface area contributed by atoms with Gasteiger partial charge in [-0.2, -0.15) is 0 Å². The monoisotopic (exact) mass is 602 g/mol. The van der Waals surface area contributed by atoms with Crippen molar-refractivity contribution in [1.29, 1.82) is 0 Å². The Hall–Kier alpha value is -2.82. The Morgan fingerprint density at radius 3 is 1.81 bits per heavy atom. The van der Waals surface area contributed by atoms with Crippen LogP contribution in [0.15, 0.2) is 24.3 Å². The maximum atomic E-state index is 11.4. The van der Waals surface area contributed by atoms with Crippen molar-refractivity contribution >= 4 is 5.97 Å². The molecule has 0 unspecified atom stereocenters. The number of benzene rings is 1. The minimum atomic E-state index is -0.674. The number of ether oxygens (including phenoxy) is 3. The first-order valence-corrected chi connectivity index (χ1v) is 8.52. The standard InChI is InChI=1S/C18H20O5.6CO.2Co/c1-21-13-10-12-6-4-5-7-15(19)14(8-9-17(20)23-3)18(12)16(11-13)22-2;6*1-2;;/h8-11,14-15,19H,5,7H2,1-3H3;;;;;;;;/b6-4?,9-8+;;;;;;;;/t14-,15+;;;;;;;;/m1......../s1. The second-order valence-corrected chi connectivity index (χ2v) is 5.11. The normalized spacial score (nSPS) is 13.1. The molecule has 0 bridgehead atoms. The number of allylic oxidation sites excluding steroid dienone is 1. The van der Waals surface area contributed by atoms with Crippen LogP contribution >= 0.6 is 0 Å². The van der Waals surface area contributed by atoms with Gasteiger partial charge in [0.05, 0.1) is 27.4 Å². The van der Waals surface area contributed by atoms with E-state index in [1.807, 2.05) is 6.07 Å². The number of aliphatic hydroxyl groups excluding tert-OH is 1. The van der Waals surface area contributed by atoms with Crippen molar-refractivity contribution in [3.05, 3.63) is 87.5 Å². The van der Waals surface area contributed by atoms with Crippen LogP contribution in [0.2, 0.25) is 0 Å². The fourth-order valence-electron chi connectivity index (χ4n) is 2.56. The summed E-state index contributed by atoms with van der Waals surface area (Å²) in [7, 11) is 4.43. The van der Waals surface area contributed by atoms with Gasteiger partial charge >= 0.3 is 73.8 Å². The molecular formula is C24H20Co2O11. The number of fused-ring (bicyclic) bond motifs is 1. The molecule has 2 rings (SSSR count). The number of methoxy groups -OCH3 is 3. The molecule has 11 nitrogen and oxygen atoms in total. The van der Waals surface area contributed by atoms with Gasteiger partial charge in [0, 0.05) is 57.2 Å². The zero-order valence-electron chi connectivity index (χ0n) is 19.6. The first-order chi connectivity index (χ1) is 17.1. The zero-order valence-corrected chi connectivity index (χ0v) is 21.7. The molecule has 13 heteroatoms. The van der Waals surface area contributed by atoms with Gasteiger partial charge in [0.25, 0.3) is 0 Å². The quantitative estimate of drug-likeness (QED) is 0.239. The molecule has 0 aromatic heterocycles. The first-order valence-electron chi connectivity index (χ1n) is 8.52. The Morgan fingerprint density at radius 1 is 0.919 bits per heavy atom. The van der Waals surface area contributed by atoms with E-state index in [1.165, 1.54) is 13.2 Å². The summed E-state index contributed by atoms with van der Waals surface area (Å²) < 4.78 is 60.4. The molecule has 1 N–H and O–H groups in total. The van der Waals surface area contributed by atoms with Crippen LogP contribution in [0.25, 0.3) is 0 Å². The molecule has 0 fully saturated rings. The van der Waals surface area contributed by atoms with Gasteiger partial charge in [-0.1, -0.05) is 6.08 Å². The van der Waals surface area contributed by atoms with E-state index >= 15 is 0 Å². The fourth-order valence-corrected chi connectivity index (χ4v) is 2.56. The number of hydrogen-bond acceptors (Lipinski definition) is 5. The van der Waals surface area contributed by atoms with E-state index in [0.29, 0.717) is 24.3 Å². The van der Waals surface area contributed by atoms with Crippen molar-refractivity contribution in [2.75, 3.05) is 21.3 Å². The summed E-state index contributed by atoms with van der Waals surface area (Å²) in [5.74, 6) is 0.300. The Morgan fingerprint density at radius 2 is 1.41 bits per heavy atom. The van der Waals surface area contributed by atoms with E-state index in [2.05, 4.69) is 56.8 Å². The van der Waals surface area contributed by atoms with Crippen LogP contribution in [0.3, 0.4) is 0 Å². The van der Waals surface area contributed by atoms with E-state index in [-0.39, 0.29) is 33.6 Å². The van der Waals surface area contributed by atoms with Gasteiger partial charge in [0.2, 0.25) is 0 Å². The third kappa shape index (κ3) is 21.0. The number of hydrogen-bond donors (Lipinski definition) is 1. The molecule has 4 radical (unpaired) electrons. The van der Waals surface area contributed by atoms with Gasteiger partial charge in [0.15, 0.2) is 0 Å². The molecule has 0 saturated carbocycles. The molecule has 0 heterocycles. The van der Waals surface area contributed by atoms with Crippen molar-refractivity contribution in [3.63, 3.8) is 0 Å². The van der Waals surface area contributed by atoms with Crippen molar-refractivity contribution in [2.45, 2.75) is 24.9 Å². The summed E-state index contributed by atoms with van der Waals surface area (Å²) in [4.78, 5) is 11.4. The molecule has 0 saturated heterocycles. The van der Waals surface area contributed by atoms with Crippen LogP contribution in [0.4, 0.5) is 0 Å². The Balaban J connectivity index is -0.000000113. The third-order valence-electron chi connectivity index (χ3n) is 3.75. The number of aliphatic hydroxyl groups is 1. The molecule has 1 aliphatic rings. The second kappa shape index (κ2) is 40.4. The largest absolute Gasteiger partial charge is 0 e. The van der Waals surface area contributed by atoms with Crippen LogP contribution in [-0.4, -0.2) is 38.5 Å². The number of carbonyl (C=O) groups is 1. The van der Waals surface area contributed by atoms with Gasteiger partial charge in [-0.15, -0.1) is 0 Å². The molecule has 0 aliphatic heterocycles.